The van der Waals surface area contributed by atoms with Crippen molar-refractivity contribution in [2.75, 3.05) is 27.2 Å². The van der Waals surface area contributed by atoms with Gasteiger partial charge in [0.1, 0.15) is 0 Å². The summed E-state index contributed by atoms with van der Waals surface area (Å²) in [7, 11) is 4.45. The van der Waals surface area contributed by atoms with Gasteiger partial charge in [-0.3, -0.25) is 9.69 Å². The van der Waals surface area contributed by atoms with E-state index in [1.54, 1.807) is 0 Å². The number of hydrogen-bond acceptors (Lipinski definition) is 2. The van der Waals surface area contributed by atoms with Crippen LogP contribution in [0.15, 0.2) is 30.3 Å². The van der Waals surface area contributed by atoms with Crippen molar-refractivity contribution < 1.29 is 4.79 Å². The van der Waals surface area contributed by atoms with E-state index in [2.05, 4.69) is 68.1 Å². The van der Waals surface area contributed by atoms with Gasteiger partial charge in [-0.25, -0.2) is 0 Å². The van der Waals surface area contributed by atoms with E-state index in [9.17, 15) is 4.79 Å². The molecule has 1 saturated heterocycles. The van der Waals surface area contributed by atoms with Crippen molar-refractivity contribution in [3.63, 3.8) is 0 Å². The molecule has 0 radical (unpaired) electrons. The molecule has 1 aliphatic carbocycles. The lowest BCUT2D eigenvalue weighted by Crippen LogP contribution is -2.47. The minimum absolute atomic E-state index is 0.154. The van der Waals surface area contributed by atoms with E-state index < -0.39 is 0 Å². The second-order valence-electron chi connectivity index (χ2n) is 9.29. The van der Waals surface area contributed by atoms with Gasteiger partial charge in [-0.15, -0.1) is 0 Å². The lowest BCUT2D eigenvalue weighted by molar-refractivity contribution is -0.131. The van der Waals surface area contributed by atoms with Crippen molar-refractivity contribution in [2.24, 2.45) is 11.3 Å². The predicted molar refractivity (Wildman–Crippen MR) is 108 cm³/mol. The smallest absolute Gasteiger partial charge is 0.222 e. The Kier molecular flexibility index (Phi) is 5.76. The minimum Gasteiger partial charge on any atom is -0.342 e. The standard InChI is InChI=1S/C23H36N2O/c1-19(2)10-11-21(26)25-17-16-22(18-25)12-14-23(15-13-22,24(3)4)20-8-6-5-7-9-20/h5-9,19H,10-18H2,1-4H3. The van der Waals surface area contributed by atoms with Crippen LogP contribution >= 0.6 is 0 Å². The predicted octanol–water partition coefficient (Wildman–Crippen LogP) is 4.67. The summed E-state index contributed by atoms with van der Waals surface area (Å²) in [6, 6.07) is 11.0. The van der Waals surface area contributed by atoms with Crippen molar-refractivity contribution in [3.8, 4) is 0 Å². The van der Waals surface area contributed by atoms with Crippen LogP contribution in [0, 0.1) is 11.3 Å². The van der Waals surface area contributed by atoms with Gasteiger partial charge in [-0.2, -0.15) is 0 Å². The summed E-state index contributed by atoms with van der Waals surface area (Å²) in [6.45, 7) is 6.36. The van der Waals surface area contributed by atoms with Crippen LogP contribution in [0.4, 0.5) is 0 Å². The molecule has 0 aromatic heterocycles. The lowest BCUT2D eigenvalue weighted by atomic mass is 9.64. The molecule has 0 unspecified atom stereocenters. The van der Waals surface area contributed by atoms with E-state index in [1.807, 2.05) is 0 Å². The van der Waals surface area contributed by atoms with Gasteiger partial charge < -0.3 is 4.90 Å². The van der Waals surface area contributed by atoms with Gasteiger partial charge in [0.25, 0.3) is 0 Å². The van der Waals surface area contributed by atoms with Gasteiger partial charge in [0.2, 0.25) is 5.91 Å². The molecule has 1 aromatic rings. The van der Waals surface area contributed by atoms with Crippen molar-refractivity contribution >= 4 is 5.91 Å². The Balaban J connectivity index is 1.65. The zero-order valence-electron chi connectivity index (χ0n) is 17.1. The number of nitrogens with zero attached hydrogens (tertiary/aromatic N) is 2. The van der Waals surface area contributed by atoms with Gasteiger partial charge in [0.05, 0.1) is 0 Å². The normalized spacial score (nSPS) is 29.1. The number of carbonyl (C=O) groups is 1. The minimum atomic E-state index is 0.154. The third kappa shape index (κ3) is 3.83. The van der Waals surface area contributed by atoms with Gasteiger partial charge in [0, 0.05) is 25.0 Å². The van der Waals surface area contributed by atoms with Gasteiger partial charge in [0.15, 0.2) is 0 Å². The first-order chi connectivity index (χ1) is 12.4. The zero-order chi connectivity index (χ0) is 18.8. The Morgan fingerprint density at radius 2 is 1.73 bits per heavy atom. The molecule has 2 fully saturated rings. The maximum atomic E-state index is 12.6. The highest BCUT2D eigenvalue weighted by atomic mass is 16.2. The summed E-state index contributed by atoms with van der Waals surface area (Å²) in [5.74, 6) is 0.986. The second kappa shape index (κ2) is 7.72. The molecule has 144 valence electrons. The highest BCUT2D eigenvalue weighted by Gasteiger charge is 2.48. The van der Waals surface area contributed by atoms with Crippen LogP contribution in [-0.4, -0.2) is 42.9 Å². The molecule has 1 amide bonds. The fourth-order valence-corrected chi connectivity index (χ4v) is 5.06. The number of benzene rings is 1. The summed E-state index contributed by atoms with van der Waals surface area (Å²) in [4.78, 5) is 17.1. The van der Waals surface area contributed by atoms with Crippen LogP contribution < -0.4 is 0 Å². The molecule has 1 saturated carbocycles. The first-order valence-electron chi connectivity index (χ1n) is 10.4. The first-order valence-corrected chi connectivity index (χ1v) is 10.4. The monoisotopic (exact) mass is 356 g/mol. The number of carbonyl (C=O) groups excluding carboxylic acids is 1. The molecule has 3 heteroatoms. The molecule has 1 aromatic carbocycles. The second-order valence-corrected chi connectivity index (χ2v) is 9.29. The summed E-state index contributed by atoms with van der Waals surface area (Å²) in [6.07, 6.45) is 7.77. The summed E-state index contributed by atoms with van der Waals surface area (Å²) in [5, 5.41) is 0. The van der Waals surface area contributed by atoms with Crippen LogP contribution in [-0.2, 0) is 10.3 Å². The van der Waals surface area contributed by atoms with Crippen molar-refractivity contribution in [2.45, 2.75) is 64.3 Å². The Hall–Kier alpha value is -1.35. The average molecular weight is 357 g/mol. The maximum absolute atomic E-state index is 12.6. The average Bonchev–Trinajstić information content (AvgIpc) is 3.05. The third-order valence-corrected chi connectivity index (χ3v) is 7.03. The van der Waals surface area contributed by atoms with E-state index in [0.29, 0.717) is 17.2 Å². The Morgan fingerprint density at radius 3 is 2.31 bits per heavy atom. The summed E-state index contributed by atoms with van der Waals surface area (Å²) < 4.78 is 0. The zero-order valence-corrected chi connectivity index (χ0v) is 17.1. The quantitative estimate of drug-likeness (QED) is 0.765. The van der Waals surface area contributed by atoms with Crippen LogP contribution in [0.1, 0.15) is 64.4 Å². The van der Waals surface area contributed by atoms with Crippen molar-refractivity contribution in [3.05, 3.63) is 35.9 Å². The van der Waals surface area contributed by atoms with E-state index in [4.69, 9.17) is 0 Å². The molecule has 3 nitrogen and oxygen atoms in total. The summed E-state index contributed by atoms with van der Waals surface area (Å²) in [5.41, 5.74) is 1.96. The Bertz CT molecular complexity index is 600. The van der Waals surface area contributed by atoms with Gasteiger partial charge >= 0.3 is 0 Å². The number of hydrogen-bond donors (Lipinski definition) is 0. The molecule has 0 N–H and O–H groups in total. The summed E-state index contributed by atoms with van der Waals surface area (Å²) >= 11 is 0. The highest BCUT2D eigenvalue weighted by molar-refractivity contribution is 5.76. The molecule has 0 atom stereocenters. The van der Waals surface area contributed by atoms with E-state index in [-0.39, 0.29) is 5.54 Å². The molecular weight excluding hydrogens is 320 g/mol. The van der Waals surface area contributed by atoms with Crippen molar-refractivity contribution in [1.82, 2.24) is 9.80 Å². The molecule has 26 heavy (non-hydrogen) atoms. The van der Waals surface area contributed by atoms with E-state index in [1.165, 1.54) is 37.7 Å². The van der Waals surface area contributed by atoms with E-state index in [0.717, 1.165) is 25.9 Å². The fraction of sp³-hybridized carbons (Fsp3) is 0.696. The van der Waals surface area contributed by atoms with Crippen LogP contribution in [0.3, 0.4) is 0 Å². The Morgan fingerprint density at radius 1 is 1.08 bits per heavy atom. The van der Waals surface area contributed by atoms with Gasteiger partial charge in [-0.05, 0) is 69.5 Å². The van der Waals surface area contributed by atoms with E-state index >= 15 is 0 Å². The molecule has 1 heterocycles. The SMILES string of the molecule is CC(C)CCC(=O)N1CCC2(CCC(c3ccccc3)(N(C)C)CC2)C1. The van der Waals surface area contributed by atoms with Crippen LogP contribution in [0.25, 0.3) is 0 Å². The topological polar surface area (TPSA) is 23.6 Å². The number of likely N-dealkylation sites (tertiary alicyclic amines) is 1. The first kappa shape index (κ1) is 19.4. The van der Waals surface area contributed by atoms with Crippen LogP contribution in [0.2, 0.25) is 0 Å². The maximum Gasteiger partial charge on any atom is 0.222 e. The molecule has 1 aliphatic heterocycles. The largest absolute Gasteiger partial charge is 0.342 e. The Labute approximate surface area is 159 Å². The third-order valence-electron chi connectivity index (χ3n) is 7.03. The highest BCUT2D eigenvalue weighted by Crippen LogP contribution is 2.51. The number of rotatable bonds is 5. The van der Waals surface area contributed by atoms with Crippen molar-refractivity contribution in [1.29, 1.82) is 0 Å². The van der Waals surface area contributed by atoms with Crippen LogP contribution in [0.5, 0.6) is 0 Å². The molecule has 0 bridgehead atoms. The number of amides is 1. The lowest BCUT2D eigenvalue weighted by Gasteiger charge is -2.49. The molecule has 2 aliphatic rings. The molecular formula is C23H36N2O. The molecule has 1 spiro atoms. The van der Waals surface area contributed by atoms with Gasteiger partial charge in [-0.1, -0.05) is 44.2 Å². The fourth-order valence-electron chi connectivity index (χ4n) is 5.06. The molecule has 3 rings (SSSR count).